The van der Waals surface area contributed by atoms with E-state index >= 15 is 0 Å². The first-order chi connectivity index (χ1) is 9.98. The van der Waals surface area contributed by atoms with Crippen molar-refractivity contribution in [2.45, 2.75) is 26.2 Å². The fraction of sp³-hybridized carbons (Fsp3) is 0.533. The van der Waals surface area contributed by atoms with Gasteiger partial charge in [-0.3, -0.25) is 14.9 Å². The molecule has 22 heavy (non-hydrogen) atoms. The van der Waals surface area contributed by atoms with Gasteiger partial charge >= 0.3 is 0 Å². The van der Waals surface area contributed by atoms with E-state index in [9.17, 15) is 14.9 Å². The molecule has 0 unspecified atom stereocenters. The van der Waals surface area contributed by atoms with Crippen LogP contribution in [0, 0.1) is 15.5 Å². The Labute approximate surface area is 136 Å². The van der Waals surface area contributed by atoms with Crippen LogP contribution in [0.4, 0.5) is 5.69 Å². The SMILES string of the molecule is CC1(CNC(=O)Cc2ccc([N+](=O)[O-])cc2)CCNCC1.Cl. The zero-order valence-electron chi connectivity index (χ0n) is 12.6. The maximum absolute atomic E-state index is 12.0. The number of rotatable bonds is 5. The number of carbonyl (C=O) groups is 1. The minimum atomic E-state index is -0.443. The topological polar surface area (TPSA) is 84.3 Å². The molecule has 1 aliphatic rings. The highest BCUT2D eigenvalue weighted by atomic mass is 35.5. The molecule has 1 aromatic rings. The molecule has 0 aromatic heterocycles. The first-order valence-electron chi connectivity index (χ1n) is 7.19. The number of carbonyl (C=O) groups excluding carboxylic acids is 1. The van der Waals surface area contributed by atoms with Crippen LogP contribution in [0.25, 0.3) is 0 Å². The van der Waals surface area contributed by atoms with Crippen molar-refractivity contribution >= 4 is 24.0 Å². The molecule has 0 radical (unpaired) electrons. The molecule has 0 saturated carbocycles. The van der Waals surface area contributed by atoms with Crippen molar-refractivity contribution in [1.82, 2.24) is 10.6 Å². The van der Waals surface area contributed by atoms with E-state index in [0.29, 0.717) is 6.54 Å². The molecule has 0 aliphatic carbocycles. The largest absolute Gasteiger partial charge is 0.355 e. The number of hydrogen-bond donors (Lipinski definition) is 2. The van der Waals surface area contributed by atoms with E-state index in [1.807, 2.05) is 0 Å². The van der Waals surface area contributed by atoms with Crippen molar-refractivity contribution < 1.29 is 9.72 Å². The summed E-state index contributed by atoms with van der Waals surface area (Å²) in [6, 6.07) is 6.11. The molecule has 7 heteroatoms. The lowest BCUT2D eigenvalue weighted by Gasteiger charge is -2.34. The summed E-state index contributed by atoms with van der Waals surface area (Å²) in [6.45, 7) is 4.87. The molecule has 1 fully saturated rings. The zero-order chi connectivity index (χ0) is 15.3. The van der Waals surface area contributed by atoms with Crippen molar-refractivity contribution in [2.24, 2.45) is 5.41 Å². The number of nitro groups is 1. The van der Waals surface area contributed by atoms with Gasteiger partial charge in [-0.15, -0.1) is 12.4 Å². The van der Waals surface area contributed by atoms with Crippen molar-refractivity contribution in [1.29, 1.82) is 0 Å². The molecular weight excluding hydrogens is 306 g/mol. The first-order valence-corrected chi connectivity index (χ1v) is 7.19. The van der Waals surface area contributed by atoms with Crippen LogP contribution in [0.15, 0.2) is 24.3 Å². The summed E-state index contributed by atoms with van der Waals surface area (Å²) in [5, 5.41) is 16.9. The van der Waals surface area contributed by atoms with Crippen LogP contribution < -0.4 is 10.6 Å². The second-order valence-electron chi connectivity index (χ2n) is 5.94. The molecule has 2 rings (SSSR count). The van der Waals surface area contributed by atoms with E-state index in [4.69, 9.17) is 0 Å². The summed E-state index contributed by atoms with van der Waals surface area (Å²) in [4.78, 5) is 22.1. The number of hydrogen-bond acceptors (Lipinski definition) is 4. The van der Waals surface area contributed by atoms with Crippen LogP contribution in [0.2, 0.25) is 0 Å². The van der Waals surface area contributed by atoms with E-state index < -0.39 is 4.92 Å². The van der Waals surface area contributed by atoms with E-state index in [1.54, 1.807) is 12.1 Å². The van der Waals surface area contributed by atoms with Gasteiger partial charge in [0, 0.05) is 18.7 Å². The maximum Gasteiger partial charge on any atom is 0.269 e. The monoisotopic (exact) mass is 327 g/mol. The van der Waals surface area contributed by atoms with Gasteiger partial charge in [-0.2, -0.15) is 0 Å². The molecule has 6 nitrogen and oxygen atoms in total. The Hall–Kier alpha value is -1.66. The number of amides is 1. The summed E-state index contributed by atoms with van der Waals surface area (Å²) < 4.78 is 0. The summed E-state index contributed by atoms with van der Waals surface area (Å²) in [5.74, 6) is -0.0383. The molecule has 0 spiro atoms. The smallest absolute Gasteiger partial charge is 0.269 e. The quantitative estimate of drug-likeness (QED) is 0.640. The second-order valence-corrected chi connectivity index (χ2v) is 5.94. The zero-order valence-corrected chi connectivity index (χ0v) is 13.4. The predicted molar refractivity (Wildman–Crippen MR) is 87.3 cm³/mol. The molecule has 0 bridgehead atoms. The standard InChI is InChI=1S/C15H21N3O3.ClH/c1-15(6-8-16-9-7-15)11-17-14(19)10-12-2-4-13(5-3-12)18(20)21;/h2-5,16H,6-11H2,1H3,(H,17,19);1H. The molecule has 1 amide bonds. The average molecular weight is 328 g/mol. The van der Waals surface area contributed by atoms with Gasteiger partial charge in [0.15, 0.2) is 0 Å². The van der Waals surface area contributed by atoms with Gasteiger partial charge in [0.25, 0.3) is 5.69 Å². The molecule has 1 saturated heterocycles. The lowest BCUT2D eigenvalue weighted by Crippen LogP contribution is -2.43. The fourth-order valence-electron chi connectivity index (χ4n) is 2.50. The van der Waals surface area contributed by atoms with Gasteiger partial charge in [0.05, 0.1) is 11.3 Å². The van der Waals surface area contributed by atoms with Crippen molar-refractivity contribution in [3.05, 3.63) is 39.9 Å². The van der Waals surface area contributed by atoms with Gasteiger partial charge in [0.2, 0.25) is 5.91 Å². The molecule has 122 valence electrons. The highest BCUT2D eigenvalue weighted by molar-refractivity contribution is 5.85. The Kier molecular flexibility index (Phi) is 6.77. The van der Waals surface area contributed by atoms with Gasteiger partial charge in [-0.25, -0.2) is 0 Å². The van der Waals surface area contributed by atoms with E-state index in [-0.39, 0.29) is 35.8 Å². The van der Waals surface area contributed by atoms with E-state index in [2.05, 4.69) is 17.6 Å². The first kappa shape index (κ1) is 18.4. The average Bonchev–Trinajstić information content (AvgIpc) is 2.47. The Morgan fingerprint density at radius 1 is 1.32 bits per heavy atom. The van der Waals surface area contributed by atoms with Crippen molar-refractivity contribution in [2.75, 3.05) is 19.6 Å². The number of nitrogens with zero attached hydrogens (tertiary/aromatic N) is 1. The van der Waals surface area contributed by atoms with Crippen molar-refractivity contribution in [3.63, 3.8) is 0 Å². The number of non-ortho nitro benzene ring substituents is 1. The van der Waals surface area contributed by atoms with E-state index in [1.165, 1.54) is 12.1 Å². The third-order valence-corrected chi connectivity index (χ3v) is 4.03. The normalized spacial score (nSPS) is 16.4. The number of piperidine rings is 1. The Bertz CT molecular complexity index is 513. The lowest BCUT2D eigenvalue weighted by atomic mass is 9.81. The van der Waals surface area contributed by atoms with E-state index in [0.717, 1.165) is 31.5 Å². The van der Waals surface area contributed by atoms with Crippen LogP contribution in [-0.2, 0) is 11.2 Å². The van der Waals surface area contributed by atoms with Gasteiger partial charge in [0.1, 0.15) is 0 Å². The predicted octanol–water partition coefficient (Wildman–Crippen LogP) is 2.06. The minimum Gasteiger partial charge on any atom is -0.355 e. The number of nitro benzene ring substituents is 1. The molecular formula is C15H22ClN3O3. The third-order valence-electron chi connectivity index (χ3n) is 4.03. The van der Waals surface area contributed by atoms with Crippen LogP contribution in [-0.4, -0.2) is 30.5 Å². The van der Waals surface area contributed by atoms with Gasteiger partial charge < -0.3 is 10.6 Å². The number of halogens is 1. The fourth-order valence-corrected chi connectivity index (χ4v) is 2.50. The molecule has 1 aliphatic heterocycles. The third kappa shape index (κ3) is 5.27. The highest BCUT2D eigenvalue weighted by Crippen LogP contribution is 2.26. The summed E-state index contributed by atoms with van der Waals surface area (Å²) in [6.07, 6.45) is 2.38. The van der Waals surface area contributed by atoms with Crippen molar-refractivity contribution in [3.8, 4) is 0 Å². The number of benzene rings is 1. The Morgan fingerprint density at radius 2 is 1.91 bits per heavy atom. The van der Waals surface area contributed by atoms with Crippen LogP contribution in [0.5, 0.6) is 0 Å². The lowest BCUT2D eigenvalue weighted by molar-refractivity contribution is -0.384. The maximum atomic E-state index is 12.0. The molecule has 1 aromatic carbocycles. The summed E-state index contributed by atoms with van der Waals surface area (Å²) in [5.41, 5.74) is 0.992. The van der Waals surface area contributed by atoms with Gasteiger partial charge in [-0.05, 0) is 36.9 Å². The Balaban J connectivity index is 0.00000242. The second kappa shape index (κ2) is 8.10. The molecule has 1 heterocycles. The van der Waals surface area contributed by atoms with Crippen LogP contribution in [0.3, 0.4) is 0 Å². The molecule has 0 atom stereocenters. The number of nitrogens with one attached hydrogen (secondary N) is 2. The van der Waals surface area contributed by atoms with Crippen LogP contribution in [0.1, 0.15) is 25.3 Å². The Morgan fingerprint density at radius 3 is 2.45 bits per heavy atom. The minimum absolute atomic E-state index is 0. The van der Waals surface area contributed by atoms with Crippen LogP contribution >= 0.6 is 12.4 Å². The highest BCUT2D eigenvalue weighted by Gasteiger charge is 2.26. The summed E-state index contributed by atoms with van der Waals surface area (Å²) in [7, 11) is 0. The summed E-state index contributed by atoms with van der Waals surface area (Å²) >= 11 is 0. The van der Waals surface area contributed by atoms with Gasteiger partial charge in [-0.1, -0.05) is 19.1 Å². The molecule has 2 N–H and O–H groups in total.